The van der Waals surface area contributed by atoms with E-state index in [9.17, 15) is 4.79 Å². The molecule has 0 fully saturated rings. The Morgan fingerprint density at radius 2 is 1.79 bits per heavy atom. The van der Waals surface area contributed by atoms with Crippen molar-refractivity contribution in [2.45, 2.75) is 6.54 Å². The predicted octanol–water partition coefficient (Wildman–Crippen LogP) is 5.14. The van der Waals surface area contributed by atoms with Crippen LogP contribution in [0.5, 0.6) is 0 Å². The molecule has 7 heteroatoms. The van der Waals surface area contributed by atoms with E-state index in [1.807, 2.05) is 6.07 Å². The highest BCUT2D eigenvalue weighted by Crippen LogP contribution is 2.23. The van der Waals surface area contributed by atoms with Crippen molar-refractivity contribution in [1.29, 1.82) is 0 Å². The lowest BCUT2D eigenvalue weighted by molar-refractivity contribution is 0.102. The summed E-state index contributed by atoms with van der Waals surface area (Å²) in [5.74, 6) is 0.139. The molecule has 0 spiro atoms. The number of hydrogen-bond donors (Lipinski definition) is 1. The smallest absolute Gasteiger partial charge is 0.258 e. The van der Waals surface area contributed by atoms with Crippen molar-refractivity contribution in [2.24, 2.45) is 0 Å². The second kappa shape index (κ2) is 7.26. The third kappa shape index (κ3) is 3.90. The lowest BCUT2D eigenvalue weighted by Crippen LogP contribution is -2.13. The maximum Gasteiger partial charge on any atom is 0.258 e. The molecule has 0 atom stereocenters. The van der Waals surface area contributed by atoms with Crippen LogP contribution in [-0.4, -0.2) is 15.7 Å². The fourth-order valence-corrected chi connectivity index (χ4v) is 2.71. The standard InChI is InChI=1S/C17H12Cl3N3O/c18-13-4-2-1-3-12(13)17(24)21-16-7-8-23(22-16)10-11-5-6-14(19)15(20)9-11/h1-9H,10H2,(H,21,22,24). The van der Waals surface area contributed by atoms with E-state index < -0.39 is 0 Å². The number of carbonyl (C=O) groups excluding carboxylic acids is 1. The van der Waals surface area contributed by atoms with Gasteiger partial charge in [-0.15, -0.1) is 0 Å². The number of carbonyl (C=O) groups is 1. The molecule has 1 N–H and O–H groups in total. The summed E-state index contributed by atoms with van der Waals surface area (Å²) in [7, 11) is 0. The fourth-order valence-electron chi connectivity index (χ4n) is 2.17. The summed E-state index contributed by atoms with van der Waals surface area (Å²) >= 11 is 17.9. The first-order valence-electron chi connectivity index (χ1n) is 7.06. The van der Waals surface area contributed by atoms with Gasteiger partial charge in [0.2, 0.25) is 0 Å². The van der Waals surface area contributed by atoms with Gasteiger partial charge in [0.15, 0.2) is 5.82 Å². The van der Waals surface area contributed by atoms with Crippen LogP contribution < -0.4 is 5.32 Å². The zero-order chi connectivity index (χ0) is 17.1. The molecule has 0 aliphatic carbocycles. The molecule has 3 rings (SSSR count). The van der Waals surface area contributed by atoms with Crippen molar-refractivity contribution in [2.75, 3.05) is 5.32 Å². The first-order chi connectivity index (χ1) is 11.5. The number of amides is 1. The highest BCUT2D eigenvalue weighted by Gasteiger charge is 2.11. The molecule has 1 aromatic heterocycles. The molecule has 0 aliphatic heterocycles. The number of aromatic nitrogens is 2. The minimum atomic E-state index is -0.305. The van der Waals surface area contributed by atoms with Crippen LogP contribution in [0.4, 0.5) is 5.82 Å². The molecule has 0 aliphatic rings. The van der Waals surface area contributed by atoms with Gasteiger partial charge < -0.3 is 5.32 Å². The van der Waals surface area contributed by atoms with E-state index in [-0.39, 0.29) is 5.91 Å². The quantitative estimate of drug-likeness (QED) is 0.681. The van der Waals surface area contributed by atoms with E-state index in [1.54, 1.807) is 53.3 Å². The van der Waals surface area contributed by atoms with Crippen LogP contribution in [0.25, 0.3) is 0 Å². The van der Waals surface area contributed by atoms with E-state index in [0.29, 0.717) is 33.0 Å². The molecule has 0 radical (unpaired) electrons. The number of nitrogens with zero attached hydrogens (tertiary/aromatic N) is 2. The normalized spacial score (nSPS) is 10.6. The van der Waals surface area contributed by atoms with E-state index in [0.717, 1.165) is 5.56 Å². The summed E-state index contributed by atoms with van der Waals surface area (Å²) in [6.07, 6.45) is 1.77. The van der Waals surface area contributed by atoms with E-state index in [4.69, 9.17) is 34.8 Å². The summed E-state index contributed by atoms with van der Waals surface area (Å²) in [5, 5.41) is 8.44. The minimum Gasteiger partial charge on any atom is -0.305 e. The zero-order valence-electron chi connectivity index (χ0n) is 12.3. The van der Waals surface area contributed by atoms with Gasteiger partial charge in [0.05, 0.1) is 27.2 Å². The SMILES string of the molecule is O=C(Nc1ccn(Cc2ccc(Cl)c(Cl)c2)n1)c1ccccc1Cl. The lowest BCUT2D eigenvalue weighted by atomic mass is 10.2. The molecule has 0 bridgehead atoms. The number of nitrogens with one attached hydrogen (secondary N) is 1. The number of halogens is 3. The first-order valence-corrected chi connectivity index (χ1v) is 8.19. The van der Waals surface area contributed by atoms with Crippen molar-refractivity contribution in [1.82, 2.24) is 9.78 Å². The zero-order valence-corrected chi connectivity index (χ0v) is 14.6. The third-order valence-corrected chi connectivity index (χ3v) is 4.40. The van der Waals surface area contributed by atoms with Gasteiger partial charge in [-0.05, 0) is 29.8 Å². The molecule has 0 saturated carbocycles. The maximum atomic E-state index is 12.2. The van der Waals surface area contributed by atoms with Gasteiger partial charge in [-0.1, -0.05) is 53.0 Å². The fraction of sp³-hybridized carbons (Fsp3) is 0.0588. The van der Waals surface area contributed by atoms with Crippen molar-refractivity contribution in [3.05, 3.63) is 80.9 Å². The Bertz CT molecular complexity index is 892. The van der Waals surface area contributed by atoms with Crippen LogP contribution in [0, 0.1) is 0 Å². The molecule has 24 heavy (non-hydrogen) atoms. The number of benzene rings is 2. The van der Waals surface area contributed by atoms with Crippen molar-refractivity contribution in [3.63, 3.8) is 0 Å². The highest BCUT2D eigenvalue weighted by molar-refractivity contribution is 6.42. The third-order valence-electron chi connectivity index (χ3n) is 3.33. The summed E-state index contributed by atoms with van der Waals surface area (Å²) in [4.78, 5) is 12.2. The Morgan fingerprint density at radius 1 is 1.00 bits per heavy atom. The van der Waals surface area contributed by atoms with Gasteiger partial charge in [0, 0.05) is 12.3 Å². The van der Waals surface area contributed by atoms with Crippen LogP contribution in [0.2, 0.25) is 15.1 Å². The Balaban J connectivity index is 1.70. The summed E-state index contributed by atoms with van der Waals surface area (Å²) < 4.78 is 1.70. The second-order valence-corrected chi connectivity index (χ2v) is 6.30. The highest BCUT2D eigenvalue weighted by atomic mass is 35.5. The predicted molar refractivity (Wildman–Crippen MR) is 97.2 cm³/mol. The van der Waals surface area contributed by atoms with Gasteiger partial charge in [-0.3, -0.25) is 9.48 Å². The Kier molecular flexibility index (Phi) is 5.09. The average Bonchev–Trinajstić information content (AvgIpc) is 2.98. The first kappa shape index (κ1) is 16.8. The molecular formula is C17H12Cl3N3O. The average molecular weight is 381 g/mol. The Labute approximate surface area is 154 Å². The van der Waals surface area contributed by atoms with Crippen LogP contribution in [0.3, 0.4) is 0 Å². The van der Waals surface area contributed by atoms with Crippen molar-refractivity contribution < 1.29 is 4.79 Å². The second-order valence-electron chi connectivity index (χ2n) is 5.08. The number of hydrogen-bond acceptors (Lipinski definition) is 2. The summed E-state index contributed by atoms with van der Waals surface area (Å²) in [6, 6.07) is 14.0. The van der Waals surface area contributed by atoms with Crippen molar-refractivity contribution >= 4 is 46.5 Å². The monoisotopic (exact) mass is 379 g/mol. The van der Waals surface area contributed by atoms with E-state index in [1.165, 1.54) is 0 Å². The maximum absolute atomic E-state index is 12.2. The summed E-state index contributed by atoms with van der Waals surface area (Å²) in [6.45, 7) is 0.513. The molecule has 4 nitrogen and oxygen atoms in total. The van der Waals surface area contributed by atoms with Crippen LogP contribution >= 0.6 is 34.8 Å². The molecule has 0 saturated heterocycles. The molecule has 3 aromatic rings. The van der Waals surface area contributed by atoms with Gasteiger partial charge in [-0.2, -0.15) is 5.10 Å². The van der Waals surface area contributed by atoms with Gasteiger partial charge in [0.1, 0.15) is 0 Å². The van der Waals surface area contributed by atoms with Gasteiger partial charge in [0.25, 0.3) is 5.91 Å². The van der Waals surface area contributed by atoms with E-state index in [2.05, 4.69) is 10.4 Å². The van der Waals surface area contributed by atoms with Gasteiger partial charge >= 0.3 is 0 Å². The Hall–Kier alpha value is -2.01. The molecule has 0 unspecified atom stereocenters. The topological polar surface area (TPSA) is 46.9 Å². The summed E-state index contributed by atoms with van der Waals surface area (Å²) in [5.41, 5.74) is 1.36. The van der Waals surface area contributed by atoms with Crippen LogP contribution in [0.15, 0.2) is 54.7 Å². The molecule has 1 heterocycles. The van der Waals surface area contributed by atoms with Crippen LogP contribution in [-0.2, 0) is 6.54 Å². The Morgan fingerprint density at radius 3 is 2.54 bits per heavy atom. The van der Waals surface area contributed by atoms with Gasteiger partial charge in [-0.25, -0.2) is 0 Å². The van der Waals surface area contributed by atoms with E-state index >= 15 is 0 Å². The molecule has 122 valence electrons. The number of rotatable bonds is 4. The lowest BCUT2D eigenvalue weighted by Gasteiger charge is -2.05. The molecule has 2 aromatic carbocycles. The molecular weight excluding hydrogens is 369 g/mol. The molecule has 1 amide bonds. The van der Waals surface area contributed by atoms with Crippen molar-refractivity contribution in [3.8, 4) is 0 Å². The van der Waals surface area contributed by atoms with Crippen LogP contribution in [0.1, 0.15) is 15.9 Å². The minimum absolute atomic E-state index is 0.305. The largest absolute Gasteiger partial charge is 0.305 e. The number of anilines is 1.